The first-order valence-electron chi connectivity index (χ1n) is 6.34. The molecule has 3 nitrogen and oxygen atoms in total. The molecule has 0 spiro atoms. The van der Waals surface area contributed by atoms with E-state index in [0.29, 0.717) is 11.8 Å². The van der Waals surface area contributed by atoms with E-state index >= 15 is 0 Å². The molecule has 1 aromatic rings. The molecule has 1 aromatic carbocycles. The van der Waals surface area contributed by atoms with Crippen molar-refractivity contribution in [2.75, 3.05) is 11.1 Å². The van der Waals surface area contributed by atoms with Gasteiger partial charge >= 0.3 is 0 Å². The summed E-state index contributed by atoms with van der Waals surface area (Å²) in [5.41, 5.74) is 8.39. The number of hydrogen-bond donors (Lipinski definition) is 2. The topological polar surface area (TPSA) is 55.1 Å². The van der Waals surface area contributed by atoms with Crippen molar-refractivity contribution in [1.82, 2.24) is 0 Å². The fourth-order valence-corrected chi connectivity index (χ4v) is 3.22. The Morgan fingerprint density at radius 2 is 2.06 bits per heavy atom. The zero-order valence-electron chi connectivity index (χ0n) is 10.1. The lowest BCUT2D eigenvalue weighted by Crippen LogP contribution is -2.17. The molecule has 2 aliphatic carbocycles. The van der Waals surface area contributed by atoms with Gasteiger partial charge < -0.3 is 11.1 Å². The van der Waals surface area contributed by atoms with Crippen LogP contribution in [-0.2, 0) is 4.79 Å². The lowest BCUT2D eigenvalue weighted by molar-refractivity contribution is -0.118. The Bertz CT molecular complexity index is 459. The van der Waals surface area contributed by atoms with Crippen LogP contribution >= 0.6 is 0 Å². The zero-order valence-corrected chi connectivity index (χ0v) is 10.1. The van der Waals surface area contributed by atoms with Crippen molar-refractivity contribution < 1.29 is 4.79 Å². The monoisotopic (exact) mass is 230 g/mol. The Morgan fingerprint density at radius 1 is 1.35 bits per heavy atom. The molecular weight excluding hydrogens is 212 g/mol. The van der Waals surface area contributed by atoms with Gasteiger partial charge in [-0.3, -0.25) is 4.79 Å². The highest BCUT2D eigenvalue weighted by molar-refractivity contribution is 5.96. The molecule has 0 aliphatic heterocycles. The van der Waals surface area contributed by atoms with E-state index in [9.17, 15) is 4.79 Å². The Balaban J connectivity index is 1.71. The largest absolute Gasteiger partial charge is 0.398 e. The Hall–Kier alpha value is -1.51. The lowest BCUT2D eigenvalue weighted by Gasteiger charge is -2.10. The van der Waals surface area contributed by atoms with Crippen LogP contribution in [0.4, 0.5) is 11.4 Å². The average molecular weight is 230 g/mol. The third-order valence-electron chi connectivity index (χ3n) is 4.34. The zero-order chi connectivity index (χ0) is 12.0. The van der Waals surface area contributed by atoms with Crippen LogP contribution in [0.1, 0.15) is 24.8 Å². The molecule has 2 atom stereocenters. The molecule has 1 amide bonds. The second-order valence-electron chi connectivity index (χ2n) is 5.29. The average Bonchev–Trinajstić information content (AvgIpc) is 2.79. The van der Waals surface area contributed by atoms with Crippen molar-refractivity contribution >= 4 is 17.3 Å². The van der Waals surface area contributed by atoms with E-state index in [-0.39, 0.29) is 11.8 Å². The molecule has 17 heavy (non-hydrogen) atoms. The minimum atomic E-state index is 0.188. The summed E-state index contributed by atoms with van der Waals surface area (Å²) in [5.74, 6) is 1.78. The molecule has 3 rings (SSSR count). The first-order valence-corrected chi connectivity index (χ1v) is 6.34. The predicted octanol–water partition coefficient (Wildman–Crippen LogP) is 2.56. The van der Waals surface area contributed by atoms with Crippen LogP contribution in [0.3, 0.4) is 0 Å². The van der Waals surface area contributed by atoms with Crippen molar-refractivity contribution in [2.24, 2.45) is 17.8 Å². The summed E-state index contributed by atoms with van der Waals surface area (Å²) in [7, 11) is 0. The van der Waals surface area contributed by atoms with Crippen molar-refractivity contribution in [3.05, 3.63) is 23.8 Å². The molecule has 3 N–H and O–H groups in total. The summed E-state index contributed by atoms with van der Waals surface area (Å²) >= 11 is 0. The van der Waals surface area contributed by atoms with Gasteiger partial charge in [0.1, 0.15) is 0 Å². The molecule has 2 unspecified atom stereocenters. The number of nitrogens with one attached hydrogen (secondary N) is 1. The predicted molar refractivity (Wildman–Crippen MR) is 68.5 cm³/mol. The fourth-order valence-electron chi connectivity index (χ4n) is 3.22. The van der Waals surface area contributed by atoms with E-state index in [4.69, 9.17) is 5.73 Å². The maximum Gasteiger partial charge on any atom is 0.228 e. The Kier molecular flexibility index (Phi) is 2.35. The van der Waals surface area contributed by atoms with Crippen molar-refractivity contribution in [1.29, 1.82) is 0 Å². The van der Waals surface area contributed by atoms with Gasteiger partial charge in [0.25, 0.3) is 0 Å². The second-order valence-corrected chi connectivity index (χ2v) is 5.29. The number of carbonyl (C=O) groups is 1. The molecule has 2 fully saturated rings. The highest BCUT2D eigenvalue weighted by Crippen LogP contribution is 2.57. The number of hydrogen-bond acceptors (Lipinski definition) is 2. The van der Waals surface area contributed by atoms with Gasteiger partial charge in [0.15, 0.2) is 0 Å². The quantitative estimate of drug-likeness (QED) is 0.767. The van der Waals surface area contributed by atoms with Crippen LogP contribution in [0.15, 0.2) is 18.2 Å². The van der Waals surface area contributed by atoms with Crippen molar-refractivity contribution in [3.63, 3.8) is 0 Å². The summed E-state index contributed by atoms with van der Waals surface area (Å²) in [6.45, 7) is 1.94. The third kappa shape index (κ3) is 1.70. The smallest absolute Gasteiger partial charge is 0.228 e. The Morgan fingerprint density at radius 3 is 2.76 bits per heavy atom. The van der Waals surface area contributed by atoms with E-state index in [1.165, 1.54) is 19.3 Å². The van der Waals surface area contributed by atoms with Gasteiger partial charge in [0, 0.05) is 17.3 Å². The summed E-state index contributed by atoms with van der Waals surface area (Å²) in [4.78, 5) is 12.1. The van der Waals surface area contributed by atoms with Crippen LogP contribution in [-0.4, -0.2) is 5.91 Å². The van der Waals surface area contributed by atoms with Gasteiger partial charge in [-0.1, -0.05) is 12.5 Å². The molecule has 0 radical (unpaired) electrons. The minimum absolute atomic E-state index is 0.188. The highest BCUT2D eigenvalue weighted by Gasteiger charge is 2.56. The lowest BCUT2D eigenvalue weighted by atomic mass is 10.1. The number of benzene rings is 1. The van der Waals surface area contributed by atoms with E-state index < -0.39 is 0 Å². The summed E-state index contributed by atoms with van der Waals surface area (Å²) in [5, 5.41) is 3.02. The fraction of sp³-hybridized carbons (Fsp3) is 0.500. The minimum Gasteiger partial charge on any atom is -0.398 e. The normalized spacial score (nSPS) is 29.8. The number of anilines is 2. The highest BCUT2D eigenvalue weighted by atomic mass is 16.2. The molecule has 3 heteroatoms. The standard InChI is InChI=1S/C14H18N2O/c1-8-11(15)6-3-7-12(8)16-14(17)13-9-4-2-5-10(9)13/h3,6-7,9-10,13H,2,4-5,15H2,1H3,(H,16,17). The number of fused-ring (bicyclic) bond motifs is 1. The number of amides is 1. The number of nitrogens with two attached hydrogens (primary N) is 1. The van der Waals surface area contributed by atoms with Crippen LogP contribution in [0, 0.1) is 24.7 Å². The molecule has 90 valence electrons. The first-order chi connectivity index (χ1) is 8.18. The van der Waals surface area contributed by atoms with Gasteiger partial charge in [0.05, 0.1) is 0 Å². The van der Waals surface area contributed by atoms with Gasteiger partial charge in [-0.25, -0.2) is 0 Å². The van der Waals surface area contributed by atoms with E-state index in [1.54, 1.807) is 0 Å². The van der Waals surface area contributed by atoms with Crippen LogP contribution < -0.4 is 11.1 Å². The van der Waals surface area contributed by atoms with Crippen molar-refractivity contribution in [3.8, 4) is 0 Å². The van der Waals surface area contributed by atoms with E-state index in [2.05, 4.69) is 5.32 Å². The second kappa shape index (κ2) is 3.76. The van der Waals surface area contributed by atoms with E-state index in [1.807, 2.05) is 25.1 Å². The Labute approximate surface area is 101 Å². The molecule has 0 bridgehead atoms. The number of nitrogen functional groups attached to an aromatic ring is 1. The molecule has 0 aromatic heterocycles. The summed E-state index contributed by atoms with van der Waals surface area (Å²) in [6, 6.07) is 5.66. The summed E-state index contributed by atoms with van der Waals surface area (Å²) < 4.78 is 0. The molecule has 0 heterocycles. The van der Waals surface area contributed by atoms with Crippen molar-refractivity contribution in [2.45, 2.75) is 26.2 Å². The van der Waals surface area contributed by atoms with Gasteiger partial charge in [-0.05, 0) is 49.3 Å². The van der Waals surface area contributed by atoms with Gasteiger partial charge in [-0.2, -0.15) is 0 Å². The van der Waals surface area contributed by atoms with Crippen LogP contribution in [0.5, 0.6) is 0 Å². The number of rotatable bonds is 2. The third-order valence-corrected chi connectivity index (χ3v) is 4.34. The molecule has 2 aliphatic rings. The summed E-state index contributed by atoms with van der Waals surface area (Å²) in [6.07, 6.45) is 3.77. The van der Waals surface area contributed by atoms with Crippen LogP contribution in [0.25, 0.3) is 0 Å². The van der Waals surface area contributed by atoms with Crippen LogP contribution in [0.2, 0.25) is 0 Å². The van der Waals surface area contributed by atoms with Gasteiger partial charge in [-0.15, -0.1) is 0 Å². The molecule has 0 saturated heterocycles. The van der Waals surface area contributed by atoms with E-state index in [0.717, 1.165) is 16.9 Å². The maximum atomic E-state index is 12.1. The maximum absolute atomic E-state index is 12.1. The molecule has 2 saturated carbocycles. The number of carbonyl (C=O) groups excluding carboxylic acids is 1. The molecular formula is C14H18N2O. The van der Waals surface area contributed by atoms with Gasteiger partial charge in [0.2, 0.25) is 5.91 Å². The first kappa shape index (κ1) is 10.6. The SMILES string of the molecule is Cc1c(N)cccc1NC(=O)C1C2CCCC21.